The van der Waals surface area contributed by atoms with E-state index in [1.54, 1.807) is 0 Å². The van der Waals surface area contributed by atoms with Crippen molar-refractivity contribution in [3.8, 4) is 0 Å². The lowest BCUT2D eigenvalue weighted by Crippen LogP contribution is -2.30. The minimum atomic E-state index is 0.552. The summed E-state index contributed by atoms with van der Waals surface area (Å²) in [7, 11) is 0. The van der Waals surface area contributed by atoms with Crippen molar-refractivity contribution in [2.75, 3.05) is 11.9 Å². The van der Waals surface area contributed by atoms with E-state index >= 15 is 0 Å². The van der Waals surface area contributed by atoms with Crippen molar-refractivity contribution < 1.29 is 0 Å². The van der Waals surface area contributed by atoms with Crippen molar-refractivity contribution in [3.63, 3.8) is 0 Å². The van der Waals surface area contributed by atoms with Gasteiger partial charge < -0.3 is 10.6 Å². The minimum absolute atomic E-state index is 0.552. The van der Waals surface area contributed by atoms with E-state index in [-0.39, 0.29) is 0 Å². The molecule has 1 aromatic rings. The molecule has 5 heteroatoms. The summed E-state index contributed by atoms with van der Waals surface area (Å²) in [4.78, 5) is 8.86. The molecule has 1 saturated carbocycles. The molecule has 86 valence electrons. The Hall–Kier alpha value is -0.870. The van der Waals surface area contributed by atoms with Crippen LogP contribution in [0.25, 0.3) is 0 Å². The predicted octanol–water partition coefficient (Wildman–Crippen LogP) is 1.74. The Labute approximate surface area is 99.8 Å². The standard InChI is InChI=1S/C11H15ClN4/c12-10-8-6-13-5-4-9(8)15-11(16-10)14-7-2-1-3-7/h7,13H,1-6H2,(H,14,15,16). The normalized spacial score (nSPS) is 20.1. The van der Waals surface area contributed by atoms with Crippen LogP contribution < -0.4 is 10.6 Å². The van der Waals surface area contributed by atoms with E-state index in [1.165, 1.54) is 19.3 Å². The average Bonchev–Trinajstić information content (AvgIpc) is 2.24. The van der Waals surface area contributed by atoms with Crippen LogP contribution in [0.2, 0.25) is 5.15 Å². The van der Waals surface area contributed by atoms with Gasteiger partial charge in [-0.3, -0.25) is 0 Å². The second-order valence-electron chi connectivity index (χ2n) is 4.46. The number of rotatable bonds is 2. The third-order valence-electron chi connectivity index (χ3n) is 3.32. The van der Waals surface area contributed by atoms with Crippen LogP contribution in [-0.2, 0) is 13.0 Å². The average molecular weight is 239 g/mol. The summed E-state index contributed by atoms with van der Waals surface area (Å²) in [6, 6.07) is 0.552. The number of aromatic nitrogens is 2. The Morgan fingerprint density at radius 2 is 2.19 bits per heavy atom. The monoisotopic (exact) mass is 238 g/mol. The van der Waals surface area contributed by atoms with Crippen molar-refractivity contribution in [1.29, 1.82) is 0 Å². The molecule has 16 heavy (non-hydrogen) atoms. The molecule has 0 atom stereocenters. The Balaban J connectivity index is 1.85. The second-order valence-corrected chi connectivity index (χ2v) is 4.82. The first-order chi connectivity index (χ1) is 7.83. The Kier molecular flexibility index (Phi) is 2.69. The zero-order valence-corrected chi connectivity index (χ0v) is 9.85. The van der Waals surface area contributed by atoms with Crippen LogP contribution in [-0.4, -0.2) is 22.6 Å². The lowest BCUT2D eigenvalue weighted by Gasteiger charge is -2.27. The van der Waals surface area contributed by atoms with Crippen LogP contribution in [0.4, 0.5) is 5.95 Å². The lowest BCUT2D eigenvalue weighted by molar-refractivity contribution is 0.442. The van der Waals surface area contributed by atoms with Crippen molar-refractivity contribution in [2.45, 2.75) is 38.3 Å². The first-order valence-corrected chi connectivity index (χ1v) is 6.23. The van der Waals surface area contributed by atoms with E-state index in [1.807, 2.05) is 0 Å². The summed E-state index contributed by atoms with van der Waals surface area (Å²) < 4.78 is 0. The molecule has 4 nitrogen and oxygen atoms in total. The Bertz CT molecular complexity index is 403. The van der Waals surface area contributed by atoms with Crippen LogP contribution in [0.5, 0.6) is 0 Å². The maximum absolute atomic E-state index is 6.16. The number of hydrogen-bond donors (Lipinski definition) is 2. The molecule has 0 saturated heterocycles. The van der Waals surface area contributed by atoms with Crippen LogP contribution >= 0.6 is 11.6 Å². The number of anilines is 1. The first-order valence-electron chi connectivity index (χ1n) is 5.85. The molecule has 2 aliphatic rings. The third kappa shape index (κ3) is 1.87. The topological polar surface area (TPSA) is 49.8 Å². The summed E-state index contributed by atoms with van der Waals surface area (Å²) in [6.45, 7) is 1.76. The van der Waals surface area contributed by atoms with Gasteiger partial charge in [0.25, 0.3) is 0 Å². The first kappa shape index (κ1) is 10.3. The largest absolute Gasteiger partial charge is 0.351 e. The van der Waals surface area contributed by atoms with E-state index < -0.39 is 0 Å². The van der Waals surface area contributed by atoms with Crippen LogP contribution in [0.15, 0.2) is 0 Å². The maximum Gasteiger partial charge on any atom is 0.224 e. The highest BCUT2D eigenvalue weighted by Gasteiger charge is 2.20. The van der Waals surface area contributed by atoms with Gasteiger partial charge in [0.1, 0.15) is 5.15 Å². The molecule has 1 aliphatic carbocycles. The summed E-state index contributed by atoms with van der Waals surface area (Å²) >= 11 is 6.16. The highest BCUT2D eigenvalue weighted by molar-refractivity contribution is 6.30. The fraction of sp³-hybridized carbons (Fsp3) is 0.636. The van der Waals surface area contributed by atoms with E-state index in [4.69, 9.17) is 11.6 Å². The van der Waals surface area contributed by atoms with Gasteiger partial charge in [-0.25, -0.2) is 9.97 Å². The van der Waals surface area contributed by atoms with Gasteiger partial charge in [-0.15, -0.1) is 0 Å². The molecular formula is C11H15ClN4. The molecule has 0 unspecified atom stereocenters. The number of fused-ring (bicyclic) bond motifs is 1. The van der Waals surface area contributed by atoms with Gasteiger partial charge in [0.05, 0.1) is 5.69 Å². The Morgan fingerprint density at radius 3 is 2.94 bits per heavy atom. The van der Waals surface area contributed by atoms with Crippen molar-refractivity contribution in [2.24, 2.45) is 0 Å². The molecule has 0 spiro atoms. The van der Waals surface area contributed by atoms with Crippen LogP contribution in [0.1, 0.15) is 30.5 Å². The zero-order valence-electron chi connectivity index (χ0n) is 9.09. The van der Waals surface area contributed by atoms with E-state index in [9.17, 15) is 0 Å². The molecular weight excluding hydrogens is 224 g/mol. The second kappa shape index (κ2) is 4.18. The van der Waals surface area contributed by atoms with Gasteiger partial charge >= 0.3 is 0 Å². The summed E-state index contributed by atoms with van der Waals surface area (Å²) in [6.07, 6.45) is 4.69. The highest BCUT2D eigenvalue weighted by Crippen LogP contribution is 2.25. The lowest BCUT2D eigenvalue weighted by atomic mass is 9.93. The minimum Gasteiger partial charge on any atom is -0.351 e. The van der Waals surface area contributed by atoms with Crippen molar-refractivity contribution in [3.05, 3.63) is 16.4 Å². The molecule has 2 N–H and O–H groups in total. The van der Waals surface area contributed by atoms with Gasteiger partial charge in [0, 0.05) is 31.1 Å². The van der Waals surface area contributed by atoms with E-state index in [0.717, 1.165) is 30.8 Å². The molecule has 0 radical (unpaired) electrons. The third-order valence-corrected chi connectivity index (χ3v) is 3.63. The molecule has 0 aromatic carbocycles. The van der Waals surface area contributed by atoms with E-state index in [0.29, 0.717) is 17.1 Å². The zero-order chi connectivity index (χ0) is 11.0. The molecule has 0 amide bonds. The van der Waals surface area contributed by atoms with Crippen LogP contribution in [0.3, 0.4) is 0 Å². The molecule has 3 rings (SSSR count). The van der Waals surface area contributed by atoms with Crippen molar-refractivity contribution in [1.82, 2.24) is 15.3 Å². The number of nitrogens with one attached hydrogen (secondary N) is 2. The van der Waals surface area contributed by atoms with Gasteiger partial charge in [-0.2, -0.15) is 0 Å². The SMILES string of the molecule is Clc1nc(NC2CCC2)nc2c1CNCC2. The summed E-state index contributed by atoms with van der Waals surface area (Å²) in [5.74, 6) is 0.704. The highest BCUT2D eigenvalue weighted by atomic mass is 35.5. The fourth-order valence-corrected chi connectivity index (χ4v) is 2.36. The predicted molar refractivity (Wildman–Crippen MR) is 63.7 cm³/mol. The number of halogens is 1. The molecule has 1 fully saturated rings. The van der Waals surface area contributed by atoms with Gasteiger partial charge in [-0.05, 0) is 19.3 Å². The quantitative estimate of drug-likeness (QED) is 0.771. The molecule has 1 aliphatic heterocycles. The molecule has 1 aromatic heterocycles. The van der Waals surface area contributed by atoms with Gasteiger partial charge in [0.2, 0.25) is 5.95 Å². The maximum atomic E-state index is 6.16. The number of nitrogens with zero attached hydrogens (tertiary/aromatic N) is 2. The fourth-order valence-electron chi connectivity index (χ4n) is 2.10. The van der Waals surface area contributed by atoms with Crippen molar-refractivity contribution >= 4 is 17.5 Å². The van der Waals surface area contributed by atoms with E-state index in [2.05, 4.69) is 20.6 Å². The van der Waals surface area contributed by atoms with Crippen LogP contribution in [0, 0.1) is 0 Å². The molecule has 2 heterocycles. The van der Waals surface area contributed by atoms with Gasteiger partial charge in [-0.1, -0.05) is 11.6 Å². The van der Waals surface area contributed by atoms with Gasteiger partial charge in [0.15, 0.2) is 0 Å². The summed E-state index contributed by atoms with van der Waals surface area (Å²) in [5.41, 5.74) is 2.16. The molecule has 0 bridgehead atoms. The Morgan fingerprint density at radius 1 is 1.31 bits per heavy atom. The number of hydrogen-bond acceptors (Lipinski definition) is 4. The summed E-state index contributed by atoms with van der Waals surface area (Å²) in [5, 5.41) is 7.22. The smallest absolute Gasteiger partial charge is 0.224 e.